The SMILES string of the molecule is CCCNC(=O)C(Cc1ccccc1)N(Cc1ccccc1)C(=O)CN(c1ccc(OCC)cc1)S(=O)(=O)c1ccc(F)cc1. The average Bonchev–Trinajstić information content (AvgIpc) is 3.05. The van der Waals surface area contributed by atoms with Crippen LogP contribution in [0.2, 0.25) is 0 Å². The van der Waals surface area contributed by atoms with Gasteiger partial charge >= 0.3 is 0 Å². The molecule has 1 unspecified atom stereocenters. The Morgan fingerprint density at radius 1 is 0.822 bits per heavy atom. The number of nitrogens with one attached hydrogen (secondary N) is 1. The van der Waals surface area contributed by atoms with Crippen LogP contribution in [0.25, 0.3) is 0 Å². The van der Waals surface area contributed by atoms with Gasteiger partial charge in [0.15, 0.2) is 0 Å². The quantitative estimate of drug-likeness (QED) is 0.185. The number of carbonyl (C=O) groups excluding carboxylic acids is 2. The highest BCUT2D eigenvalue weighted by Crippen LogP contribution is 2.27. The van der Waals surface area contributed by atoms with Gasteiger partial charge in [0, 0.05) is 19.5 Å². The van der Waals surface area contributed by atoms with Crippen LogP contribution in [-0.4, -0.2) is 50.9 Å². The molecule has 1 atom stereocenters. The zero-order valence-corrected chi connectivity index (χ0v) is 26.3. The second-order valence-corrected chi connectivity index (χ2v) is 12.3. The Morgan fingerprint density at radius 2 is 1.42 bits per heavy atom. The number of anilines is 1. The lowest BCUT2D eigenvalue weighted by atomic mass is 10.0. The zero-order valence-electron chi connectivity index (χ0n) is 25.4. The molecule has 0 fully saturated rings. The third-order valence-corrected chi connectivity index (χ3v) is 8.92. The van der Waals surface area contributed by atoms with Gasteiger partial charge in [-0.3, -0.25) is 13.9 Å². The number of sulfonamides is 1. The number of amides is 2. The summed E-state index contributed by atoms with van der Waals surface area (Å²) in [5.74, 6) is -0.966. The molecule has 4 aromatic rings. The van der Waals surface area contributed by atoms with Crippen molar-refractivity contribution in [3.63, 3.8) is 0 Å². The first kappa shape index (κ1) is 33.2. The van der Waals surface area contributed by atoms with E-state index in [-0.39, 0.29) is 29.5 Å². The number of nitrogens with zero attached hydrogens (tertiary/aromatic N) is 2. The topological polar surface area (TPSA) is 96.0 Å². The van der Waals surface area contributed by atoms with E-state index in [1.54, 1.807) is 24.3 Å². The lowest BCUT2D eigenvalue weighted by Crippen LogP contribution is -2.53. The maximum Gasteiger partial charge on any atom is 0.264 e. The molecule has 0 aromatic heterocycles. The molecule has 0 aliphatic carbocycles. The standard InChI is InChI=1S/C35H38FN3O5S/c1-3-23-37-35(41)33(24-27-11-7-5-8-12-27)38(25-28-13-9-6-10-14-28)34(40)26-39(30-17-19-31(20-18-30)44-4-2)45(42,43)32-21-15-29(36)16-22-32/h5-22,33H,3-4,23-26H2,1-2H3,(H,37,41). The van der Waals surface area contributed by atoms with Crippen LogP contribution in [0.5, 0.6) is 5.75 Å². The molecule has 236 valence electrons. The molecule has 0 spiro atoms. The van der Waals surface area contributed by atoms with Crippen LogP contribution in [0.4, 0.5) is 10.1 Å². The van der Waals surface area contributed by atoms with Crippen LogP contribution in [-0.2, 0) is 32.6 Å². The van der Waals surface area contributed by atoms with Gasteiger partial charge in [0.1, 0.15) is 24.2 Å². The number of hydrogen-bond donors (Lipinski definition) is 1. The molecular weight excluding hydrogens is 593 g/mol. The molecule has 4 aromatic carbocycles. The first-order chi connectivity index (χ1) is 21.7. The predicted octanol–water partition coefficient (Wildman–Crippen LogP) is 5.59. The molecule has 0 saturated carbocycles. The summed E-state index contributed by atoms with van der Waals surface area (Å²) in [6.07, 6.45) is 0.931. The average molecular weight is 632 g/mol. The second kappa shape index (κ2) is 15.9. The summed E-state index contributed by atoms with van der Waals surface area (Å²) in [5.41, 5.74) is 1.84. The molecule has 10 heteroatoms. The Hall–Kier alpha value is -4.70. The normalized spacial score (nSPS) is 11.8. The minimum absolute atomic E-state index is 0.0738. The van der Waals surface area contributed by atoms with Crippen LogP contribution in [0.1, 0.15) is 31.4 Å². The van der Waals surface area contributed by atoms with E-state index in [9.17, 15) is 22.4 Å². The monoisotopic (exact) mass is 631 g/mol. The number of ether oxygens (including phenoxy) is 1. The van der Waals surface area contributed by atoms with E-state index in [1.807, 2.05) is 74.5 Å². The lowest BCUT2D eigenvalue weighted by molar-refractivity contribution is -0.140. The van der Waals surface area contributed by atoms with Crippen molar-refractivity contribution in [1.29, 1.82) is 0 Å². The largest absolute Gasteiger partial charge is 0.494 e. The summed E-state index contributed by atoms with van der Waals surface area (Å²) in [5, 5.41) is 2.92. The van der Waals surface area contributed by atoms with Crippen LogP contribution in [0.3, 0.4) is 0 Å². The van der Waals surface area contributed by atoms with Crippen molar-refractivity contribution in [3.8, 4) is 5.75 Å². The van der Waals surface area contributed by atoms with Gasteiger partial charge in [0.2, 0.25) is 11.8 Å². The van der Waals surface area contributed by atoms with Crippen molar-refractivity contribution in [2.24, 2.45) is 0 Å². The van der Waals surface area contributed by atoms with Gasteiger partial charge < -0.3 is 15.0 Å². The molecule has 0 radical (unpaired) electrons. The molecular formula is C35H38FN3O5S. The van der Waals surface area contributed by atoms with Crippen molar-refractivity contribution in [2.45, 2.75) is 44.2 Å². The molecule has 8 nitrogen and oxygen atoms in total. The molecule has 0 aliphatic heterocycles. The molecule has 0 saturated heterocycles. The summed E-state index contributed by atoms with van der Waals surface area (Å²) < 4.78 is 48.3. The molecule has 45 heavy (non-hydrogen) atoms. The third kappa shape index (κ3) is 8.92. The van der Waals surface area contributed by atoms with Crippen molar-refractivity contribution in [2.75, 3.05) is 24.0 Å². The van der Waals surface area contributed by atoms with E-state index in [2.05, 4.69) is 5.32 Å². The molecule has 4 rings (SSSR count). The predicted molar refractivity (Wildman–Crippen MR) is 173 cm³/mol. The van der Waals surface area contributed by atoms with Crippen molar-refractivity contribution < 1.29 is 27.1 Å². The van der Waals surface area contributed by atoms with E-state index in [4.69, 9.17) is 4.74 Å². The number of benzene rings is 4. The molecule has 1 N–H and O–H groups in total. The molecule has 2 amide bonds. The fourth-order valence-corrected chi connectivity index (χ4v) is 6.25. The van der Waals surface area contributed by atoms with Gasteiger partial charge in [-0.2, -0.15) is 0 Å². The molecule has 0 heterocycles. The fraction of sp³-hybridized carbons (Fsp3) is 0.257. The van der Waals surface area contributed by atoms with Gasteiger partial charge in [0.25, 0.3) is 10.0 Å². The Morgan fingerprint density at radius 3 is 2.00 bits per heavy atom. The molecule has 0 bridgehead atoms. The summed E-state index contributed by atoms with van der Waals surface area (Å²) in [7, 11) is -4.34. The van der Waals surface area contributed by atoms with Gasteiger partial charge in [-0.1, -0.05) is 67.6 Å². The maximum atomic E-state index is 14.4. The minimum atomic E-state index is -4.34. The summed E-state index contributed by atoms with van der Waals surface area (Å²) in [6, 6.07) is 28.5. The summed E-state index contributed by atoms with van der Waals surface area (Å²) in [6.45, 7) is 4.09. The first-order valence-electron chi connectivity index (χ1n) is 14.9. The van der Waals surface area contributed by atoms with Crippen LogP contribution < -0.4 is 14.4 Å². The number of carbonyl (C=O) groups is 2. The number of rotatable bonds is 15. The van der Waals surface area contributed by atoms with Crippen molar-refractivity contribution in [1.82, 2.24) is 10.2 Å². The Kier molecular flexibility index (Phi) is 11.7. The van der Waals surface area contributed by atoms with E-state index in [0.717, 1.165) is 39.7 Å². The van der Waals surface area contributed by atoms with Gasteiger partial charge in [-0.05, 0) is 73.0 Å². The highest BCUT2D eigenvalue weighted by molar-refractivity contribution is 7.92. The van der Waals surface area contributed by atoms with E-state index in [0.29, 0.717) is 25.3 Å². The van der Waals surface area contributed by atoms with E-state index >= 15 is 0 Å². The number of hydrogen-bond acceptors (Lipinski definition) is 5. The van der Waals surface area contributed by atoms with E-state index in [1.165, 1.54) is 4.90 Å². The van der Waals surface area contributed by atoms with Crippen LogP contribution >= 0.6 is 0 Å². The number of halogens is 1. The highest BCUT2D eigenvalue weighted by Gasteiger charge is 2.34. The lowest BCUT2D eigenvalue weighted by Gasteiger charge is -2.34. The summed E-state index contributed by atoms with van der Waals surface area (Å²) in [4.78, 5) is 29.3. The third-order valence-electron chi connectivity index (χ3n) is 7.13. The Balaban J connectivity index is 1.78. The van der Waals surface area contributed by atoms with Gasteiger partial charge in [-0.15, -0.1) is 0 Å². The minimum Gasteiger partial charge on any atom is -0.494 e. The van der Waals surface area contributed by atoms with Crippen molar-refractivity contribution >= 4 is 27.5 Å². The van der Waals surface area contributed by atoms with Crippen molar-refractivity contribution in [3.05, 3.63) is 126 Å². The van der Waals surface area contributed by atoms with Gasteiger partial charge in [-0.25, -0.2) is 12.8 Å². The Bertz CT molecular complexity index is 1630. The molecule has 0 aliphatic rings. The second-order valence-electron chi connectivity index (χ2n) is 10.4. The first-order valence-corrected chi connectivity index (χ1v) is 16.3. The smallest absolute Gasteiger partial charge is 0.264 e. The van der Waals surface area contributed by atoms with Crippen LogP contribution in [0, 0.1) is 5.82 Å². The van der Waals surface area contributed by atoms with E-state index < -0.39 is 34.3 Å². The van der Waals surface area contributed by atoms with Gasteiger partial charge in [0.05, 0.1) is 17.2 Å². The fourth-order valence-electron chi connectivity index (χ4n) is 4.84. The summed E-state index contributed by atoms with van der Waals surface area (Å²) >= 11 is 0. The Labute approximate surface area is 264 Å². The maximum absolute atomic E-state index is 14.4. The van der Waals surface area contributed by atoms with Crippen LogP contribution in [0.15, 0.2) is 114 Å². The zero-order chi connectivity index (χ0) is 32.2. The highest BCUT2D eigenvalue weighted by atomic mass is 32.2.